The molecule has 0 spiro atoms. The summed E-state index contributed by atoms with van der Waals surface area (Å²) in [7, 11) is 0. The van der Waals surface area contributed by atoms with Crippen molar-refractivity contribution in [2.45, 2.75) is 26.2 Å². The lowest BCUT2D eigenvalue weighted by Gasteiger charge is -2.36. The number of hydrogen-bond acceptors (Lipinski definition) is 4. The van der Waals surface area contributed by atoms with Crippen LogP contribution in [0.5, 0.6) is 0 Å². The number of carbonyl (C=O) groups excluding carboxylic acids is 1. The first kappa shape index (κ1) is 15.7. The summed E-state index contributed by atoms with van der Waals surface area (Å²) in [4.78, 5) is 16.5. The van der Waals surface area contributed by atoms with Gasteiger partial charge in [0.2, 0.25) is 5.91 Å². The number of carbonyl (C=O) groups is 1. The fraction of sp³-hybridized carbons (Fsp3) is 0.933. The van der Waals surface area contributed by atoms with Gasteiger partial charge in [0.05, 0.1) is 19.8 Å². The fourth-order valence-corrected chi connectivity index (χ4v) is 3.00. The summed E-state index contributed by atoms with van der Waals surface area (Å²) in [6.45, 7) is 10.5. The van der Waals surface area contributed by atoms with Crippen LogP contribution in [0.15, 0.2) is 0 Å². The molecule has 2 rings (SSSR count). The number of nitrogens with zero attached hydrogens (tertiary/aromatic N) is 2. The molecule has 5 nitrogen and oxygen atoms in total. The van der Waals surface area contributed by atoms with Crippen LogP contribution in [0.25, 0.3) is 0 Å². The summed E-state index contributed by atoms with van der Waals surface area (Å²) < 4.78 is 5.38. The quantitative estimate of drug-likeness (QED) is 0.723. The number of nitrogens with one attached hydrogen (secondary N) is 1. The molecule has 2 aliphatic rings. The second-order valence-corrected chi connectivity index (χ2v) is 5.91. The van der Waals surface area contributed by atoms with E-state index in [1.165, 1.54) is 6.54 Å². The van der Waals surface area contributed by atoms with Gasteiger partial charge in [-0.05, 0) is 31.7 Å². The van der Waals surface area contributed by atoms with E-state index in [0.717, 1.165) is 71.1 Å². The van der Waals surface area contributed by atoms with Crippen molar-refractivity contribution in [2.24, 2.45) is 5.92 Å². The lowest BCUT2D eigenvalue weighted by molar-refractivity contribution is -0.131. The molecule has 0 bridgehead atoms. The largest absolute Gasteiger partial charge is 0.379 e. The van der Waals surface area contributed by atoms with E-state index >= 15 is 0 Å². The number of ether oxygens (including phenoxy) is 1. The summed E-state index contributed by atoms with van der Waals surface area (Å²) in [5.74, 6) is 1.02. The molecule has 2 heterocycles. The van der Waals surface area contributed by atoms with Crippen molar-refractivity contribution in [3.63, 3.8) is 0 Å². The van der Waals surface area contributed by atoms with E-state index in [2.05, 4.69) is 17.1 Å². The second-order valence-electron chi connectivity index (χ2n) is 5.91. The Morgan fingerprint density at radius 3 is 2.55 bits per heavy atom. The third-order valence-electron chi connectivity index (χ3n) is 4.29. The highest BCUT2D eigenvalue weighted by Crippen LogP contribution is 2.19. The SMILES string of the molecule is CCCNCC(=O)N1CCC(CN2CCOCC2)CC1. The standard InChI is InChI=1S/C15H29N3O2/c1-2-5-16-12-15(19)18-6-3-14(4-7-18)13-17-8-10-20-11-9-17/h14,16H,2-13H2,1H3. The van der Waals surface area contributed by atoms with E-state index in [4.69, 9.17) is 4.74 Å². The highest BCUT2D eigenvalue weighted by atomic mass is 16.5. The Balaban J connectivity index is 1.62. The van der Waals surface area contributed by atoms with E-state index in [0.29, 0.717) is 6.54 Å². The molecular weight excluding hydrogens is 254 g/mol. The van der Waals surface area contributed by atoms with E-state index in [9.17, 15) is 4.79 Å². The first-order chi connectivity index (χ1) is 9.79. The molecule has 20 heavy (non-hydrogen) atoms. The maximum absolute atomic E-state index is 12.0. The van der Waals surface area contributed by atoms with Gasteiger partial charge in [-0.2, -0.15) is 0 Å². The summed E-state index contributed by atoms with van der Waals surface area (Å²) in [6, 6.07) is 0. The Bertz CT molecular complexity index is 285. The molecule has 0 aliphatic carbocycles. The number of amides is 1. The Morgan fingerprint density at radius 1 is 1.20 bits per heavy atom. The van der Waals surface area contributed by atoms with Crippen LogP contribution in [0.4, 0.5) is 0 Å². The van der Waals surface area contributed by atoms with E-state index in [1.54, 1.807) is 0 Å². The first-order valence-electron chi connectivity index (χ1n) is 8.08. The molecule has 2 aliphatic heterocycles. The number of likely N-dealkylation sites (tertiary alicyclic amines) is 1. The van der Waals surface area contributed by atoms with Crippen molar-refractivity contribution in [1.82, 2.24) is 15.1 Å². The van der Waals surface area contributed by atoms with Gasteiger partial charge in [0.1, 0.15) is 0 Å². The Kier molecular flexibility index (Phi) is 6.76. The zero-order chi connectivity index (χ0) is 14.2. The van der Waals surface area contributed by atoms with E-state index in [-0.39, 0.29) is 5.91 Å². The highest BCUT2D eigenvalue weighted by molar-refractivity contribution is 5.78. The van der Waals surface area contributed by atoms with Gasteiger partial charge in [0.25, 0.3) is 0 Å². The maximum atomic E-state index is 12.0. The first-order valence-corrected chi connectivity index (χ1v) is 8.08. The van der Waals surface area contributed by atoms with Gasteiger partial charge in [0.15, 0.2) is 0 Å². The highest BCUT2D eigenvalue weighted by Gasteiger charge is 2.24. The van der Waals surface area contributed by atoms with Crippen molar-refractivity contribution >= 4 is 5.91 Å². The lowest BCUT2D eigenvalue weighted by atomic mass is 9.96. The third-order valence-corrected chi connectivity index (χ3v) is 4.29. The van der Waals surface area contributed by atoms with Crippen LogP contribution in [-0.4, -0.2) is 74.7 Å². The predicted octanol–water partition coefficient (Wildman–Crippen LogP) is 0.557. The number of morpholine rings is 1. The minimum absolute atomic E-state index is 0.267. The number of piperidine rings is 1. The normalized spacial score (nSPS) is 22.1. The predicted molar refractivity (Wildman–Crippen MR) is 79.7 cm³/mol. The summed E-state index contributed by atoms with van der Waals surface area (Å²) in [5, 5.41) is 3.20. The molecule has 0 atom stereocenters. The van der Waals surface area contributed by atoms with Crippen molar-refractivity contribution < 1.29 is 9.53 Å². The van der Waals surface area contributed by atoms with Crippen molar-refractivity contribution in [3.05, 3.63) is 0 Å². The van der Waals surface area contributed by atoms with Gasteiger partial charge in [-0.25, -0.2) is 0 Å². The maximum Gasteiger partial charge on any atom is 0.236 e. The molecule has 5 heteroatoms. The van der Waals surface area contributed by atoms with Crippen molar-refractivity contribution in [3.8, 4) is 0 Å². The van der Waals surface area contributed by atoms with Gasteiger partial charge in [-0.1, -0.05) is 6.92 Å². The molecule has 0 radical (unpaired) electrons. The van der Waals surface area contributed by atoms with E-state index < -0.39 is 0 Å². The number of hydrogen-bond donors (Lipinski definition) is 1. The van der Waals surface area contributed by atoms with Gasteiger partial charge in [-0.3, -0.25) is 9.69 Å². The Morgan fingerprint density at radius 2 is 1.90 bits per heavy atom. The molecule has 0 aromatic carbocycles. The van der Waals surface area contributed by atoms with E-state index in [1.807, 2.05) is 4.90 Å². The Labute approximate surface area is 122 Å². The monoisotopic (exact) mass is 283 g/mol. The minimum atomic E-state index is 0.267. The van der Waals surface area contributed by atoms with Crippen LogP contribution in [0.2, 0.25) is 0 Å². The zero-order valence-electron chi connectivity index (χ0n) is 12.8. The smallest absolute Gasteiger partial charge is 0.236 e. The van der Waals surface area contributed by atoms with Crippen molar-refractivity contribution in [2.75, 3.05) is 59.0 Å². The summed E-state index contributed by atoms with van der Waals surface area (Å²) in [5.41, 5.74) is 0. The molecule has 0 unspecified atom stereocenters. The molecular formula is C15H29N3O2. The van der Waals surface area contributed by atoms with Crippen LogP contribution in [0.3, 0.4) is 0 Å². The molecule has 116 valence electrons. The van der Waals surface area contributed by atoms with Crippen LogP contribution >= 0.6 is 0 Å². The molecule has 0 aromatic rings. The topological polar surface area (TPSA) is 44.8 Å². The van der Waals surface area contributed by atoms with Crippen LogP contribution in [-0.2, 0) is 9.53 Å². The molecule has 2 fully saturated rings. The van der Waals surface area contributed by atoms with Gasteiger partial charge >= 0.3 is 0 Å². The third kappa shape index (κ3) is 5.04. The lowest BCUT2D eigenvalue weighted by Crippen LogP contribution is -2.46. The van der Waals surface area contributed by atoms with Gasteiger partial charge in [0, 0.05) is 32.7 Å². The molecule has 2 saturated heterocycles. The van der Waals surface area contributed by atoms with Crippen LogP contribution < -0.4 is 5.32 Å². The summed E-state index contributed by atoms with van der Waals surface area (Å²) in [6.07, 6.45) is 3.38. The Hall–Kier alpha value is -0.650. The molecule has 1 N–H and O–H groups in total. The minimum Gasteiger partial charge on any atom is -0.379 e. The second kappa shape index (κ2) is 8.60. The number of rotatable bonds is 6. The van der Waals surface area contributed by atoms with Gasteiger partial charge in [-0.15, -0.1) is 0 Å². The molecule has 0 saturated carbocycles. The fourth-order valence-electron chi connectivity index (χ4n) is 3.00. The van der Waals surface area contributed by atoms with Crippen LogP contribution in [0.1, 0.15) is 26.2 Å². The van der Waals surface area contributed by atoms with Crippen LogP contribution in [0, 0.1) is 5.92 Å². The van der Waals surface area contributed by atoms with Gasteiger partial charge < -0.3 is 15.0 Å². The zero-order valence-corrected chi connectivity index (χ0v) is 12.8. The molecule has 1 amide bonds. The van der Waals surface area contributed by atoms with Crippen molar-refractivity contribution in [1.29, 1.82) is 0 Å². The summed E-state index contributed by atoms with van der Waals surface area (Å²) >= 11 is 0. The average Bonchev–Trinajstić information content (AvgIpc) is 2.49. The average molecular weight is 283 g/mol. The molecule has 0 aromatic heterocycles.